The zero-order valence-electron chi connectivity index (χ0n) is 21.5. The Bertz CT molecular complexity index is 1430. The minimum atomic E-state index is -3.94. The van der Waals surface area contributed by atoms with Gasteiger partial charge in [-0.05, 0) is 30.0 Å². The molecule has 0 aliphatic carbocycles. The van der Waals surface area contributed by atoms with Crippen LogP contribution in [-0.2, 0) is 20.2 Å². The highest BCUT2D eigenvalue weighted by molar-refractivity contribution is 7.92. The first-order valence-corrected chi connectivity index (χ1v) is 14.4. The number of carbonyl (C=O) groups is 1. The number of sulfone groups is 1. The van der Waals surface area contributed by atoms with E-state index < -0.39 is 32.9 Å². The van der Waals surface area contributed by atoms with Gasteiger partial charge in [0, 0.05) is 11.1 Å². The van der Waals surface area contributed by atoms with Crippen molar-refractivity contribution in [2.24, 2.45) is 5.92 Å². The molecule has 0 saturated carbocycles. The zero-order valence-corrected chi connectivity index (χ0v) is 22.3. The molecule has 38 heavy (non-hydrogen) atoms. The van der Waals surface area contributed by atoms with Crippen LogP contribution >= 0.6 is 0 Å². The molecule has 0 unspecified atom stereocenters. The van der Waals surface area contributed by atoms with E-state index in [9.17, 15) is 13.2 Å². The van der Waals surface area contributed by atoms with Gasteiger partial charge >= 0.3 is 6.09 Å². The Labute approximate surface area is 224 Å². The minimum absolute atomic E-state index is 0.00570. The van der Waals surface area contributed by atoms with Crippen LogP contribution in [0.15, 0.2) is 126 Å². The molecule has 5 nitrogen and oxygen atoms in total. The number of rotatable bonds is 8. The van der Waals surface area contributed by atoms with E-state index in [1.54, 1.807) is 30.3 Å². The van der Waals surface area contributed by atoms with Gasteiger partial charge in [-0.3, -0.25) is 4.90 Å². The van der Waals surface area contributed by atoms with Crippen LogP contribution in [0.1, 0.15) is 43.0 Å². The second-order valence-electron chi connectivity index (χ2n) is 10.00. The topological polar surface area (TPSA) is 63.7 Å². The molecule has 1 aliphatic rings. The summed E-state index contributed by atoms with van der Waals surface area (Å²) in [4.78, 5) is 15.7. The Hall–Kier alpha value is -3.90. The molecule has 1 saturated heterocycles. The van der Waals surface area contributed by atoms with Gasteiger partial charge in [0.25, 0.3) is 0 Å². The van der Waals surface area contributed by atoms with E-state index in [-0.39, 0.29) is 17.2 Å². The molecule has 1 fully saturated rings. The molecule has 0 N–H and O–H groups in total. The third-order valence-electron chi connectivity index (χ3n) is 7.06. The van der Waals surface area contributed by atoms with Crippen LogP contribution < -0.4 is 0 Å². The van der Waals surface area contributed by atoms with E-state index in [4.69, 9.17) is 4.74 Å². The molecule has 0 aromatic heterocycles. The molecule has 0 bridgehead atoms. The van der Waals surface area contributed by atoms with E-state index in [2.05, 4.69) is 0 Å². The van der Waals surface area contributed by atoms with Crippen molar-refractivity contribution in [3.63, 3.8) is 0 Å². The van der Waals surface area contributed by atoms with Gasteiger partial charge < -0.3 is 4.74 Å². The monoisotopic (exact) mass is 525 g/mol. The summed E-state index contributed by atoms with van der Waals surface area (Å²) >= 11 is 0. The van der Waals surface area contributed by atoms with Crippen LogP contribution in [0.3, 0.4) is 0 Å². The average molecular weight is 526 g/mol. The molecular weight excluding hydrogens is 494 g/mol. The summed E-state index contributed by atoms with van der Waals surface area (Å²) in [7, 11) is -3.94. The second kappa shape index (κ2) is 10.5. The number of hydrogen-bond donors (Lipinski definition) is 0. The fourth-order valence-corrected chi connectivity index (χ4v) is 7.39. The van der Waals surface area contributed by atoms with Crippen LogP contribution in [0.25, 0.3) is 0 Å². The summed E-state index contributed by atoms with van der Waals surface area (Å²) in [5, 5.41) is -1.13. The molecule has 2 atom stereocenters. The lowest BCUT2D eigenvalue weighted by molar-refractivity contribution is 0.0670. The van der Waals surface area contributed by atoms with Gasteiger partial charge in [0.05, 0.1) is 4.90 Å². The Balaban J connectivity index is 1.80. The minimum Gasteiger partial charge on any atom is -0.430 e. The van der Waals surface area contributed by atoms with Crippen molar-refractivity contribution in [1.82, 2.24) is 4.90 Å². The third kappa shape index (κ3) is 4.50. The first-order valence-electron chi connectivity index (χ1n) is 12.8. The quantitative estimate of drug-likeness (QED) is 0.249. The summed E-state index contributed by atoms with van der Waals surface area (Å²) < 4.78 is 34.8. The predicted molar refractivity (Wildman–Crippen MR) is 148 cm³/mol. The Kier molecular flexibility index (Phi) is 7.09. The summed E-state index contributed by atoms with van der Waals surface area (Å²) in [5.74, 6) is 0.00570. The van der Waals surface area contributed by atoms with Crippen LogP contribution in [0, 0.1) is 5.92 Å². The SMILES string of the molecule is CC(C)C[C@@H](N1C(=O)OC(c2ccccc2)(c2ccccc2)[C@H]1c1ccccc1)S(=O)(=O)c1ccccc1. The van der Waals surface area contributed by atoms with Gasteiger partial charge in [0.1, 0.15) is 11.4 Å². The number of ether oxygens (including phenoxy) is 1. The predicted octanol–water partition coefficient (Wildman–Crippen LogP) is 6.97. The van der Waals surface area contributed by atoms with Crippen molar-refractivity contribution in [1.29, 1.82) is 0 Å². The van der Waals surface area contributed by atoms with Crippen molar-refractivity contribution in [3.8, 4) is 0 Å². The van der Waals surface area contributed by atoms with Crippen LogP contribution in [0.2, 0.25) is 0 Å². The van der Waals surface area contributed by atoms with Gasteiger partial charge in [0.15, 0.2) is 15.4 Å². The number of carbonyl (C=O) groups excluding carboxylic acids is 1. The zero-order chi connectivity index (χ0) is 26.8. The molecular formula is C32H31NO4S. The third-order valence-corrected chi connectivity index (χ3v) is 9.12. The molecule has 4 aromatic carbocycles. The summed E-state index contributed by atoms with van der Waals surface area (Å²) in [6.45, 7) is 3.93. The maximum atomic E-state index is 14.2. The average Bonchev–Trinajstić information content (AvgIpc) is 3.27. The van der Waals surface area contributed by atoms with E-state index in [1.165, 1.54) is 4.90 Å². The van der Waals surface area contributed by atoms with E-state index in [1.807, 2.05) is 105 Å². The van der Waals surface area contributed by atoms with Crippen LogP contribution in [0.5, 0.6) is 0 Å². The van der Waals surface area contributed by atoms with Gasteiger partial charge in [0.2, 0.25) is 0 Å². The van der Waals surface area contributed by atoms with E-state index in [0.717, 1.165) is 16.7 Å². The molecule has 6 heteroatoms. The second-order valence-corrected chi connectivity index (χ2v) is 12.1. The molecule has 194 valence electrons. The lowest BCUT2D eigenvalue weighted by Crippen LogP contribution is -2.46. The lowest BCUT2D eigenvalue weighted by atomic mass is 9.77. The van der Waals surface area contributed by atoms with Crippen molar-refractivity contribution < 1.29 is 17.9 Å². The van der Waals surface area contributed by atoms with E-state index in [0.29, 0.717) is 0 Å². The fraction of sp³-hybridized carbons (Fsp3) is 0.219. The van der Waals surface area contributed by atoms with Crippen molar-refractivity contribution in [2.75, 3.05) is 0 Å². The fourth-order valence-electron chi connectivity index (χ4n) is 5.39. The smallest absolute Gasteiger partial charge is 0.412 e. The van der Waals surface area contributed by atoms with Gasteiger partial charge in [-0.15, -0.1) is 0 Å². The number of cyclic esters (lactones) is 1. The normalized spacial score (nSPS) is 17.8. The van der Waals surface area contributed by atoms with Crippen molar-refractivity contribution in [2.45, 2.75) is 42.2 Å². The molecule has 0 radical (unpaired) electrons. The highest BCUT2D eigenvalue weighted by atomic mass is 32.2. The summed E-state index contributed by atoms with van der Waals surface area (Å²) in [6.07, 6.45) is -0.397. The lowest BCUT2D eigenvalue weighted by Gasteiger charge is -2.38. The van der Waals surface area contributed by atoms with Gasteiger partial charge in [-0.1, -0.05) is 123 Å². The molecule has 4 aromatic rings. The summed E-state index contributed by atoms with van der Waals surface area (Å²) in [6, 6.07) is 36.4. The molecule has 0 spiro atoms. The largest absolute Gasteiger partial charge is 0.430 e. The number of nitrogens with zero attached hydrogens (tertiary/aromatic N) is 1. The highest BCUT2D eigenvalue weighted by Gasteiger charge is 2.60. The molecule has 1 amide bonds. The Morgan fingerprint density at radius 1 is 0.737 bits per heavy atom. The Morgan fingerprint density at radius 3 is 1.66 bits per heavy atom. The maximum absolute atomic E-state index is 14.2. The number of amides is 1. The van der Waals surface area contributed by atoms with Gasteiger partial charge in [-0.25, -0.2) is 13.2 Å². The number of benzene rings is 4. The highest BCUT2D eigenvalue weighted by Crippen LogP contribution is 2.54. The molecule has 5 rings (SSSR count). The number of hydrogen-bond acceptors (Lipinski definition) is 4. The molecule has 1 heterocycles. The Morgan fingerprint density at radius 2 is 1.18 bits per heavy atom. The van der Waals surface area contributed by atoms with E-state index >= 15 is 0 Å². The molecule has 1 aliphatic heterocycles. The summed E-state index contributed by atoms with van der Waals surface area (Å²) in [5.41, 5.74) is 1.08. The maximum Gasteiger partial charge on any atom is 0.412 e. The van der Waals surface area contributed by atoms with Gasteiger partial charge in [-0.2, -0.15) is 0 Å². The first kappa shape index (κ1) is 25.7. The van der Waals surface area contributed by atoms with Crippen LogP contribution in [0.4, 0.5) is 4.79 Å². The first-order chi connectivity index (χ1) is 18.4. The van der Waals surface area contributed by atoms with Crippen LogP contribution in [-0.4, -0.2) is 24.8 Å². The standard InChI is InChI=1S/C32H31NO4S/c1-24(2)23-29(38(35,36)28-21-13-6-14-22-28)33-30(25-15-7-3-8-16-25)32(37-31(33)34,26-17-9-4-10-18-26)27-19-11-5-12-20-27/h3-22,24,29-30H,23H2,1-2H3/t29-,30+/m0/s1. The van der Waals surface area contributed by atoms with Crippen molar-refractivity contribution in [3.05, 3.63) is 138 Å². The van der Waals surface area contributed by atoms with Crippen molar-refractivity contribution >= 4 is 15.9 Å².